The largest absolute Gasteiger partial charge is 0.481 e. The van der Waals surface area contributed by atoms with Gasteiger partial charge in [-0.2, -0.15) is 0 Å². The molecule has 3 rings (SSSR count). The third-order valence-electron chi connectivity index (χ3n) is 4.73. The molecule has 0 saturated carbocycles. The van der Waals surface area contributed by atoms with E-state index in [1.54, 1.807) is 4.90 Å². The van der Waals surface area contributed by atoms with Gasteiger partial charge in [0, 0.05) is 18.7 Å². The van der Waals surface area contributed by atoms with Gasteiger partial charge in [-0.1, -0.05) is 6.07 Å². The maximum atomic E-state index is 12.5. The van der Waals surface area contributed by atoms with Crippen LogP contribution < -0.4 is 0 Å². The Balaban J connectivity index is 1.70. The summed E-state index contributed by atoms with van der Waals surface area (Å²) < 4.78 is 0. The Labute approximate surface area is 124 Å². The second-order valence-electron chi connectivity index (χ2n) is 6.10. The van der Waals surface area contributed by atoms with E-state index in [-0.39, 0.29) is 11.8 Å². The first-order valence-corrected chi connectivity index (χ1v) is 7.79. The van der Waals surface area contributed by atoms with Crippen LogP contribution in [0.15, 0.2) is 18.2 Å². The highest BCUT2D eigenvalue weighted by Crippen LogP contribution is 2.24. The molecule has 1 aromatic carbocycles. The zero-order valence-corrected chi connectivity index (χ0v) is 12.2. The lowest BCUT2D eigenvalue weighted by molar-refractivity contribution is -0.143. The number of likely N-dealkylation sites (tertiary alicyclic amines) is 1. The number of carbonyl (C=O) groups is 2. The lowest BCUT2D eigenvalue weighted by Crippen LogP contribution is -2.40. The summed E-state index contributed by atoms with van der Waals surface area (Å²) in [6, 6.07) is 6.06. The summed E-state index contributed by atoms with van der Waals surface area (Å²) in [6.07, 6.45) is 5.75. The number of carboxylic acids is 1. The number of fused-ring (bicyclic) bond motifs is 1. The summed E-state index contributed by atoms with van der Waals surface area (Å²) in [5.41, 5.74) is 3.44. The van der Waals surface area contributed by atoms with E-state index in [9.17, 15) is 9.59 Å². The van der Waals surface area contributed by atoms with Gasteiger partial charge < -0.3 is 10.0 Å². The van der Waals surface area contributed by atoms with E-state index in [0.29, 0.717) is 25.9 Å². The molecule has 1 heterocycles. The molecular formula is C17H21NO3. The summed E-state index contributed by atoms with van der Waals surface area (Å²) in [7, 11) is 0. The van der Waals surface area contributed by atoms with E-state index in [4.69, 9.17) is 5.11 Å². The smallest absolute Gasteiger partial charge is 0.306 e. The van der Waals surface area contributed by atoms with Crippen LogP contribution >= 0.6 is 0 Å². The van der Waals surface area contributed by atoms with Crippen molar-refractivity contribution in [3.63, 3.8) is 0 Å². The van der Waals surface area contributed by atoms with Crippen molar-refractivity contribution in [2.75, 3.05) is 13.1 Å². The molecule has 1 aliphatic heterocycles. The van der Waals surface area contributed by atoms with Crippen LogP contribution in [0.4, 0.5) is 0 Å². The molecule has 0 unspecified atom stereocenters. The van der Waals surface area contributed by atoms with Crippen molar-refractivity contribution < 1.29 is 14.7 Å². The zero-order valence-electron chi connectivity index (χ0n) is 12.2. The van der Waals surface area contributed by atoms with E-state index in [0.717, 1.165) is 18.4 Å². The maximum Gasteiger partial charge on any atom is 0.306 e. The fourth-order valence-corrected chi connectivity index (χ4v) is 3.38. The Morgan fingerprint density at radius 1 is 1.05 bits per heavy atom. The topological polar surface area (TPSA) is 57.6 Å². The predicted octanol–water partition coefficient (Wildman–Crippen LogP) is 2.50. The SMILES string of the molecule is O=C(O)C1CCN(C(=O)c2ccc3c(c2)CCCC3)CC1. The zero-order chi connectivity index (χ0) is 14.8. The van der Waals surface area contributed by atoms with Gasteiger partial charge >= 0.3 is 5.97 Å². The Bertz CT molecular complexity index is 559. The minimum Gasteiger partial charge on any atom is -0.481 e. The average molecular weight is 287 g/mol. The van der Waals surface area contributed by atoms with Crippen LogP contribution in [-0.2, 0) is 17.6 Å². The van der Waals surface area contributed by atoms with Gasteiger partial charge in [0.15, 0.2) is 0 Å². The van der Waals surface area contributed by atoms with Crippen molar-refractivity contribution in [3.8, 4) is 0 Å². The Morgan fingerprint density at radius 2 is 1.71 bits per heavy atom. The van der Waals surface area contributed by atoms with Crippen LogP contribution in [0.1, 0.15) is 47.2 Å². The van der Waals surface area contributed by atoms with Crippen LogP contribution in [0.3, 0.4) is 0 Å². The second kappa shape index (κ2) is 5.88. The highest BCUT2D eigenvalue weighted by molar-refractivity contribution is 5.94. The summed E-state index contributed by atoms with van der Waals surface area (Å²) in [5.74, 6) is -0.985. The van der Waals surface area contributed by atoms with Crippen LogP contribution in [0.2, 0.25) is 0 Å². The molecular weight excluding hydrogens is 266 g/mol. The standard InChI is InChI=1S/C17H21NO3/c19-16(18-9-7-13(8-10-18)17(20)21)15-6-5-12-3-1-2-4-14(12)11-15/h5-6,11,13H,1-4,7-10H2,(H,20,21). The number of hydrogen-bond acceptors (Lipinski definition) is 2. The first-order chi connectivity index (χ1) is 10.1. The number of hydrogen-bond donors (Lipinski definition) is 1. The second-order valence-corrected chi connectivity index (χ2v) is 6.10. The maximum absolute atomic E-state index is 12.5. The molecule has 1 aromatic rings. The number of piperidine rings is 1. The number of aliphatic carboxylic acids is 1. The fraction of sp³-hybridized carbons (Fsp3) is 0.529. The Morgan fingerprint density at radius 3 is 2.38 bits per heavy atom. The molecule has 0 atom stereocenters. The predicted molar refractivity (Wildman–Crippen MR) is 79.3 cm³/mol. The number of aryl methyl sites for hydroxylation is 2. The van der Waals surface area contributed by atoms with Crippen molar-refractivity contribution in [1.29, 1.82) is 0 Å². The Kier molecular flexibility index (Phi) is 3.95. The number of carbonyl (C=O) groups excluding carboxylic acids is 1. The minimum atomic E-state index is -0.740. The molecule has 1 amide bonds. The summed E-state index contributed by atoms with van der Waals surface area (Å²) in [4.78, 5) is 25.3. The number of benzene rings is 1. The molecule has 112 valence electrons. The lowest BCUT2D eigenvalue weighted by Gasteiger charge is -2.30. The molecule has 1 N–H and O–H groups in total. The van der Waals surface area contributed by atoms with Gasteiger partial charge in [-0.3, -0.25) is 9.59 Å². The van der Waals surface area contributed by atoms with E-state index in [1.807, 2.05) is 12.1 Å². The molecule has 0 spiro atoms. The monoisotopic (exact) mass is 287 g/mol. The summed E-state index contributed by atoms with van der Waals surface area (Å²) in [6.45, 7) is 1.10. The third-order valence-corrected chi connectivity index (χ3v) is 4.73. The first-order valence-electron chi connectivity index (χ1n) is 7.79. The molecule has 0 radical (unpaired) electrons. The normalized spacial score (nSPS) is 19.1. The van der Waals surface area contributed by atoms with Crippen LogP contribution in [-0.4, -0.2) is 35.0 Å². The van der Waals surface area contributed by atoms with Crippen molar-refractivity contribution in [3.05, 3.63) is 34.9 Å². The van der Waals surface area contributed by atoms with Gasteiger partial charge in [-0.05, 0) is 61.8 Å². The molecule has 1 aliphatic carbocycles. The van der Waals surface area contributed by atoms with E-state index < -0.39 is 5.97 Å². The van der Waals surface area contributed by atoms with Crippen molar-refractivity contribution >= 4 is 11.9 Å². The van der Waals surface area contributed by atoms with Gasteiger partial charge in [0.05, 0.1) is 5.92 Å². The highest BCUT2D eigenvalue weighted by Gasteiger charge is 2.27. The number of rotatable bonds is 2. The third kappa shape index (κ3) is 2.94. The first kappa shape index (κ1) is 14.1. The molecule has 21 heavy (non-hydrogen) atoms. The fourth-order valence-electron chi connectivity index (χ4n) is 3.38. The average Bonchev–Trinajstić information content (AvgIpc) is 2.54. The van der Waals surface area contributed by atoms with Crippen molar-refractivity contribution in [2.24, 2.45) is 5.92 Å². The molecule has 0 aromatic heterocycles. The molecule has 2 aliphatic rings. The van der Waals surface area contributed by atoms with Gasteiger partial charge in [0.1, 0.15) is 0 Å². The summed E-state index contributed by atoms with van der Waals surface area (Å²) in [5, 5.41) is 9.01. The van der Waals surface area contributed by atoms with Crippen molar-refractivity contribution in [1.82, 2.24) is 4.90 Å². The number of carboxylic acid groups (broad SMARTS) is 1. The van der Waals surface area contributed by atoms with Crippen LogP contribution in [0, 0.1) is 5.92 Å². The van der Waals surface area contributed by atoms with Crippen molar-refractivity contribution in [2.45, 2.75) is 38.5 Å². The number of amides is 1. The molecule has 1 fully saturated rings. The molecule has 4 nitrogen and oxygen atoms in total. The van der Waals surface area contributed by atoms with Crippen LogP contribution in [0.25, 0.3) is 0 Å². The molecule has 0 bridgehead atoms. The van der Waals surface area contributed by atoms with Gasteiger partial charge in [0.2, 0.25) is 0 Å². The molecule has 4 heteroatoms. The molecule has 1 saturated heterocycles. The van der Waals surface area contributed by atoms with Crippen LogP contribution in [0.5, 0.6) is 0 Å². The van der Waals surface area contributed by atoms with E-state index in [2.05, 4.69) is 6.07 Å². The van der Waals surface area contributed by atoms with Gasteiger partial charge in [-0.15, -0.1) is 0 Å². The summed E-state index contributed by atoms with van der Waals surface area (Å²) >= 11 is 0. The van der Waals surface area contributed by atoms with Gasteiger partial charge in [0.25, 0.3) is 5.91 Å². The minimum absolute atomic E-state index is 0.0483. The quantitative estimate of drug-likeness (QED) is 0.909. The highest BCUT2D eigenvalue weighted by atomic mass is 16.4. The number of nitrogens with zero attached hydrogens (tertiary/aromatic N) is 1. The lowest BCUT2D eigenvalue weighted by atomic mass is 9.90. The van der Waals surface area contributed by atoms with E-state index >= 15 is 0 Å². The Hall–Kier alpha value is -1.84. The van der Waals surface area contributed by atoms with E-state index in [1.165, 1.54) is 24.0 Å². The van der Waals surface area contributed by atoms with Gasteiger partial charge in [-0.25, -0.2) is 0 Å².